The van der Waals surface area contributed by atoms with Gasteiger partial charge in [0.15, 0.2) is 17.5 Å². The molecule has 1 fully saturated rings. The summed E-state index contributed by atoms with van der Waals surface area (Å²) in [5.74, 6) is -5.37. The molecule has 1 aromatic rings. The Kier molecular flexibility index (Phi) is 4.09. The molecule has 0 aromatic heterocycles. The van der Waals surface area contributed by atoms with E-state index in [1.165, 1.54) is 0 Å². The van der Waals surface area contributed by atoms with Crippen molar-refractivity contribution in [2.75, 3.05) is 0 Å². The third-order valence-corrected chi connectivity index (χ3v) is 3.33. The number of aliphatic hydroxyl groups is 1. The quantitative estimate of drug-likeness (QED) is 0.811. The van der Waals surface area contributed by atoms with Gasteiger partial charge < -0.3 is 10.4 Å². The molecule has 0 saturated heterocycles. The lowest BCUT2D eigenvalue weighted by Crippen LogP contribution is -2.45. The van der Waals surface area contributed by atoms with Crippen molar-refractivity contribution < 1.29 is 23.1 Å². The Hall–Kier alpha value is -1.56. The lowest BCUT2D eigenvalue weighted by Gasteiger charge is -2.28. The van der Waals surface area contributed by atoms with Crippen molar-refractivity contribution in [3.05, 3.63) is 35.1 Å². The van der Waals surface area contributed by atoms with Gasteiger partial charge in [0.1, 0.15) is 0 Å². The Morgan fingerprint density at radius 3 is 2.53 bits per heavy atom. The summed E-state index contributed by atoms with van der Waals surface area (Å²) in [5, 5.41) is 12.1. The fraction of sp³-hybridized carbons (Fsp3) is 0.462. The number of aliphatic hydroxyl groups excluding tert-OH is 1. The third-order valence-electron chi connectivity index (χ3n) is 3.33. The van der Waals surface area contributed by atoms with Gasteiger partial charge in [-0.2, -0.15) is 0 Å². The number of benzene rings is 1. The van der Waals surface area contributed by atoms with Gasteiger partial charge in [0.2, 0.25) is 0 Å². The summed E-state index contributed by atoms with van der Waals surface area (Å²) in [6, 6.07) is 1.11. The molecule has 0 aliphatic heterocycles. The Balaban J connectivity index is 2.14. The number of amides is 1. The van der Waals surface area contributed by atoms with Gasteiger partial charge in [0, 0.05) is 0 Å². The number of carbonyl (C=O) groups is 1. The third kappa shape index (κ3) is 2.89. The van der Waals surface area contributed by atoms with Crippen molar-refractivity contribution in [1.29, 1.82) is 0 Å². The molecule has 0 radical (unpaired) electrons. The summed E-state index contributed by atoms with van der Waals surface area (Å²) in [7, 11) is 0. The number of hydrogen-bond acceptors (Lipinski definition) is 2. The van der Waals surface area contributed by atoms with Crippen molar-refractivity contribution >= 4 is 5.91 Å². The van der Waals surface area contributed by atoms with Crippen LogP contribution in [0.2, 0.25) is 0 Å². The lowest BCUT2D eigenvalue weighted by atomic mass is 9.92. The van der Waals surface area contributed by atoms with Crippen molar-refractivity contribution in [3.8, 4) is 0 Å². The molecule has 1 aliphatic rings. The normalized spacial score (nSPS) is 23.2. The molecule has 2 unspecified atom stereocenters. The Morgan fingerprint density at radius 1 is 1.16 bits per heavy atom. The Bertz CT molecular complexity index is 493. The average molecular weight is 273 g/mol. The maximum absolute atomic E-state index is 13.4. The predicted octanol–water partition coefficient (Wildman–Crippen LogP) is 2.14. The van der Waals surface area contributed by atoms with Gasteiger partial charge in [-0.15, -0.1) is 0 Å². The van der Waals surface area contributed by atoms with Crippen molar-refractivity contribution in [2.45, 2.75) is 37.8 Å². The van der Waals surface area contributed by atoms with E-state index in [-0.39, 0.29) is 0 Å². The van der Waals surface area contributed by atoms with E-state index in [0.29, 0.717) is 18.9 Å². The van der Waals surface area contributed by atoms with Crippen LogP contribution in [0.25, 0.3) is 0 Å². The zero-order valence-electron chi connectivity index (χ0n) is 10.1. The minimum absolute atomic E-state index is 0.478. The molecule has 1 aliphatic carbocycles. The van der Waals surface area contributed by atoms with Gasteiger partial charge in [0.25, 0.3) is 5.91 Å². The minimum Gasteiger partial charge on any atom is -0.391 e. The van der Waals surface area contributed by atoms with Crippen LogP contribution in [0.4, 0.5) is 13.2 Å². The molecule has 1 aromatic carbocycles. The Morgan fingerprint density at radius 2 is 1.84 bits per heavy atom. The second-order valence-electron chi connectivity index (χ2n) is 4.65. The molecule has 0 heterocycles. The van der Waals surface area contributed by atoms with E-state index in [4.69, 9.17) is 0 Å². The maximum Gasteiger partial charge on any atom is 0.254 e. The molecule has 2 rings (SSSR count). The van der Waals surface area contributed by atoms with Gasteiger partial charge in [-0.25, -0.2) is 13.2 Å². The number of rotatable bonds is 2. The smallest absolute Gasteiger partial charge is 0.254 e. The van der Waals surface area contributed by atoms with Crippen LogP contribution in [0.3, 0.4) is 0 Å². The van der Waals surface area contributed by atoms with Crippen LogP contribution in [-0.2, 0) is 0 Å². The van der Waals surface area contributed by atoms with E-state index in [1.807, 2.05) is 0 Å². The number of carbonyl (C=O) groups excluding carboxylic acids is 1. The van der Waals surface area contributed by atoms with Crippen LogP contribution in [0.15, 0.2) is 12.1 Å². The molecule has 0 spiro atoms. The summed E-state index contributed by atoms with van der Waals surface area (Å²) in [6.07, 6.45) is 2.17. The summed E-state index contributed by atoms with van der Waals surface area (Å²) >= 11 is 0. The van der Waals surface area contributed by atoms with Crippen LogP contribution in [0, 0.1) is 17.5 Å². The van der Waals surface area contributed by atoms with E-state index in [2.05, 4.69) is 5.32 Å². The van der Waals surface area contributed by atoms with Crippen LogP contribution in [-0.4, -0.2) is 23.2 Å². The largest absolute Gasteiger partial charge is 0.391 e. The first-order valence-corrected chi connectivity index (χ1v) is 6.13. The molecule has 104 valence electrons. The second-order valence-corrected chi connectivity index (χ2v) is 4.65. The number of nitrogens with one attached hydrogen (secondary N) is 1. The maximum atomic E-state index is 13.4. The monoisotopic (exact) mass is 273 g/mol. The molecule has 1 amide bonds. The molecule has 0 bridgehead atoms. The second kappa shape index (κ2) is 5.61. The van der Waals surface area contributed by atoms with Crippen molar-refractivity contribution in [1.82, 2.24) is 5.32 Å². The first kappa shape index (κ1) is 13.9. The average Bonchev–Trinajstić information content (AvgIpc) is 2.39. The molecule has 1 saturated carbocycles. The van der Waals surface area contributed by atoms with E-state index >= 15 is 0 Å². The zero-order chi connectivity index (χ0) is 14.0. The van der Waals surface area contributed by atoms with E-state index < -0.39 is 41.1 Å². The highest BCUT2D eigenvalue weighted by Gasteiger charge is 2.26. The first-order chi connectivity index (χ1) is 9.00. The lowest BCUT2D eigenvalue weighted by molar-refractivity contribution is 0.0713. The zero-order valence-corrected chi connectivity index (χ0v) is 10.1. The molecule has 2 N–H and O–H groups in total. The van der Waals surface area contributed by atoms with Crippen molar-refractivity contribution in [2.24, 2.45) is 0 Å². The van der Waals surface area contributed by atoms with Crippen LogP contribution in [0.5, 0.6) is 0 Å². The standard InChI is InChI=1S/C13H14F3NO2/c14-8-6-5-7(11(15)12(8)16)13(19)17-9-3-1-2-4-10(9)18/h5-6,9-10,18H,1-4H2,(H,17,19). The van der Waals surface area contributed by atoms with Gasteiger partial charge >= 0.3 is 0 Å². The molecule has 6 heteroatoms. The predicted molar refractivity (Wildman–Crippen MR) is 62.0 cm³/mol. The number of halogens is 3. The summed E-state index contributed by atoms with van der Waals surface area (Å²) in [4.78, 5) is 11.8. The van der Waals surface area contributed by atoms with Crippen LogP contribution >= 0.6 is 0 Å². The van der Waals surface area contributed by atoms with Crippen LogP contribution < -0.4 is 5.32 Å². The summed E-state index contributed by atoms with van der Waals surface area (Å²) in [6.45, 7) is 0. The SMILES string of the molecule is O=C(NC1CCCCC1O)c1ccc(F)c(F)c1F. The fourth-order valence-electron chi connectivity index (χ4n) is 2.23. The van der Waals surface area contributed by atoms with E-state index in [1.54, 1.807) is 0 Å². The highest BCUT2D eigenvalue weighted by molar-refractivity contribution is 5.94. The van der Waals surface area contributed by atoms with Gasteiger partial charge in [-0.3, -0.25) is 4.79 Å². The fourth-order valence-corrected chi connectivity index (χ4v) is 2.23. The van der Waals surface area contributed by atoms with Gasteiger partial charge in [-0.05, 0) is 25.0 Å². The molecule has 3 nitrogen and oxygen atoms in total. The van der Waals surface area contributed by atoms with E-state index in [0.717, 1.165) is 18.9 Å². The van der Waals surface area contributed by atoms with E-state index in [9.17, 15) is 23.1 Å². The summed E-state index contributed by atoms with van der Waals surface area (Å²) < 4.78 is 39.2. The molecular weight excluding hydrogens is 259 g/mol. The molecular formula is C13H14F3NO2. The Labute approximate surface area is 108 Å². The molecule has 2 atom stereocenters. The van der Waals surface area contributed by atoms with Gasteiger partial charge in [0.05, 0.1) is 17.7 Å². The molecule has 19 heavy (non-hydrogen) atoms. The summed E-state index contributed by atoms with van der Waals surface area (Å²) in [5.41, 5.74) is -0.559. The highest BCUT2D eigenvalue weighted by atomic mass is 19.2. The minimum atomic E-state index is -1.67. The first-order valence-electron chi connectivity index (χ1n) is 6.13. The topological polar surface area (TPSA) is 49.3 Å². The van der Waals surface area contributed by atoms with Crippen LogP contribution in [0.1, 0.15) is 36.0 Å². The number of hydrogen-bond donors (Lipinski definition) is 2. The highest BCUT2D eigenvalue weighted by Crippen LogP contribution is 2.20. The van der Waals surface area contributed by atoms with Crippen molar-refractivity contribution in [3.63, 3.8) is 0 Å². The van der Waals surface area contributed by atoms with Gasteiger partial charge in [-0.1, -0.05) is 12.8 Å².